The largest absolute Gasteiger partial charge is 0.510 e. The standard InChI is InChI=1S/C19H26FN2O15P/c1-4-30-15(25)32-9-34-38(29,35-10-33-16(26)31-5-2)37-12-18(8-20)19(12,28)17(3,27)13(36-18)22-7-6-11(23)21-14(22)24/h6-7,12-13,27-28H,4-5,8-10H2,1-3H3,(H,21,23,24)/t12?,13-,17+,18-,19-/m1/s1. The second kappa shape index (κ2) is 11.1. The third-order valence-corrected chi connectivity index (χ3v) is 7.09. The molecule has 0 bridgehead atoms. The van der Waals surface area contributed by atoms with Gasteiger partial charge in [-0.3, -0.25) is 18.9 Å². The van der Waals surface area contributed by atoms with Gasteiger partial charge in [-0.1, -0.05) is 0 Å². The molecular weight excluding hydrogens is 546 g/mol. The number of rotatable bonds is 12. The summed E-state index contributed by atoms with van der Waals surface area (Å²) in [7, 11) is -4.98. The summed E-state index contributed by atoms with van der Waals surface area (Å²) in [5.41, 5.74) is -9.34. The van der Waals surface area contributed by atoms with Gasteiger partial charge in [-0.05, 0) is 20.8 Å². The van der Waals surface area contributed by atoms with Gasteiger partial charge in [0.1, 0.15) is 18.4 Å². The van der Waals surface area contributed by atoms with Crippen LogP contribution in [0.25, 0.3) is 0 Å². The lowest BCUT2D eigenvalue weighted by molar-refractivity contribution is -0.168. The highest BCUT2D eigenvalue weighted by atomic mass is 31.2. The van der Waals surface area contributed by atoms with Gasteiger partial charge in [0.05, 0.1) is 13.2 Å². The SMILES string of the molecule is CCOC(=O)OCOP(=O)(OCOC(=O)OCC)OC1[C@@]2(O)[C@@](C)(O)[C@H](n3ccc(=O)[nH]c3=O)O[C@]12CF. The van der Waals surface area contributed by atoms with Crippen molar-refractivity contribution >= 4 is 20.1 Å². The third kappa shape index (κ3) is 5.20. The molecule has 1 aromatic heterocycles. The Morgan fingerprint density at radius 2 is 1.66 bits per heavy atom. The first-order valence-corrected chi connectivity index (χ1v) is 12.4. The van der Waals surface area contributed by atoms with E-state index in [9.17, 15) is 38.3 Å². The number of aliphatic hydroxyl groups is 2. The Kier molecular flexibility index (Phi) is 8.67. The van der Waals surface area contributed by atoms with Crippen LogP contribution >= 0.6 is 7.82 Å². The average molecular weight is 572 g/mol. The molecule has 1 saturated heterocycles. The molecule has 19 heteroatoms. The number of ether oxygens (including phenoxy) is 5. The van der Waals surface area contributed by atoms with Gasteiger partial charge in [0.25, 0.3) is 5.56 Å². The minimum Gasteiger partial charge on any atom is -0.435 e. The molecule has 0 radical (unpaired) electrons. The first-order chi connectivity index (χ1) is 17.8. The molecule has 3 N–H and O–H groups in total. The molecule has 2 fully saturated rings. The topological polar surface area (TPSA) is 220 Å². The zero-order valence-corrected chi connectivity index (χ0v) is 21.2. The number of halogens is 1. The molecular formula is C19H26FN2O15P. The Balaban J connectivity index is 1.82. The molecule has 0 amide bonds. The van der Waals surface area contributed by atoms with E-state index in [1.54, 1.807) is 0 Å². The Morgan fingerprint density at radius 3 is 2.11 bits per heavy atom. The Labute approximate surface area is 212 Å². The summed E-state index contributed by atoms with van der Waals surface area (Å²) in [6, 6.07) is 0.925. The van der Waals surface area contributed by atoms with E-state index in [0.717, 1.165) is 19.2 Å². The predicted octanol–water partition coefficient (Wildman–Crippen LogP) is 0.0571. The molecule has 1 saturated carbocycles. The number of carbonyl (C=O) groups excluding carboxylic acids is 2. The maximum absolute atomic E-state index is 14.3. The number of nitrogens with one attached hydrogen (secondary N) is 1. The van der Waals surface area contributed by atoms with E-state index >= 15 is 0 Å². The number of phosphoric ester groups is 1. The number of phosphoric acid groups is 1. The van der Waals surface area contributed by atoms with Gasteiger partial charge in [-0.25, -0.2) is 32.4 Å². The molecule has 0 spiro atoms. The zero-order chi connectivity index (χ0) is 28.4. The first-order valence-electron chi connectivity index (χ1n) is 11.0. The fourth-order valence-electron chi connectivity index (χ4n) is 3.93. The average Bonchev–Trinajstić information content (AvgIpc) is 3.28. The number of fused-ring (bicyclic) bond motifs is 1. The maximum Gasteiger partial charge on any atom is 0.510 e. The normalized spacial score (nSPS) is 29.8. The summed E-state index contributed by atoms with van der Waals surface area (Å²) in [4.78, 5) is 48.3. The summed E-state index contributed by atoms with van der Waals surface area (Å²) >= 11 is 0. The fraction of sp³-hybridized carbons (Fsp3) is 0.684. The van der Waals surface area contributed by atoms with Gasteiger partial charge >= 0.3 is 25.8 Å². The van der Waals surface area contributed by atoms with Crippen molar-refractivity contribution < 1.29 is 66.0 Å². The van der Waals surface area contributed by atoms with Gasteiger partial charge in [-0.15, -0.1) is 0 Å². The van der Waals surface area contributed by atoms with Crippen LogP contribution in [0, 0.1) is 0 Å². The van der Waals surface area contributed by atoms with Gasteiger partial charge in [0.15, 0.2) is 17.4 Å². The molecule has 1 aliphatic heterocycles. The smallest absolute Gasteiger partial charge is 0.435 e. The van der Waals surface area contributed by atoms with Crippen molar-refractivity contribution in [3.05, 3.63) is 33.1 Å². The van der Waals surface area contributed by atoms with Gasteiger partial charge in [0, 0.05) is 12.3 Å². The predicted molar refractivity (Wildman–Crippen MR) is 116 cm³/mol. The molecule has 2 heterocycles. The molecule has 1 aliphatic carbocycles. The van der Waals surface area contributed by atoms with Crippen molar-refractivity contribution in [3.63, 3.8) is 0 Å². The van der Waals surface area contributed by atoms with Crippen LogP contribution in [0.5, 0.6) is 0 Å². The van der Waals surface area contributed by atoms with E-state index < -0.39 is 80.8 Å². The maximum atomic E-state index is 14.3. The van der Waals surface area contributed by atoms with Gasteiger partial charge in [-0.2, -0.15) is 0 Å². The third-order valence-electron chi connectivity index (χ3n) is 5.78. The van der Waals surface area contributed by atoms with Crippen LogP contribution in [0.2, 0.25) is 0 Å². The van der Waals surface area contributed by atoms with E-state index in [1.807, 2.05) is 4.98 Å². The number of carbonyl (C=O) groups is 2. The second-order valence-corrected chi connectivity index (χ2v) is 9.63. The number of hydrogen-bond donors (Lipinski definition) is 3. The van der Waals surface area contributed by atoms with Crippen LogP contribution in [-0.2, 0) is 41.8 Å². The van der Waals surface area contributed by atoms with Gasteiger partial charge in [0.2, 0.25) is 13.6 Å². The van der Waals surface area contributed by atoms with E-state index in [4.69, 9.17) is 18.3 Å². The monoisotopic (exact) mass is 572 g/mol. The van der Waals surface area contributed by atoms with Crippen LogP contribution in [0.4, 0.5) is 14.0 Å². The number of hydrogen-bond acceptors (Lipinski definition) is 15. The summed E-state index contributed by atoms with van der Waals surface area (Å²) in [5, 5.41) is 22.4. The summed E-state index contributed by atoms with van der Waals surface area (Å²) in [6.45, 7) is 0.123. The quantitative estimate of drug-likeness (QED) is 0.171. The molecule has 3 rings (SSSR count). The van der Waals surface area contributed by atoms with Crippen molar-refractivity contribution in [1.29, 1.82) is 0 Å². The van der Waals surface area contributed by atoms with Crippen molar-refractivity contribution in [2.24, 2.45) is 0 Å². The fourth-order valence-corrected chi connectivity index (χ4v) is 5.07. The van der Waals surface area contributed by atoms with E-state index in [-0.39, 0.29) is 13.2 Å². The van der Waals surface area contributed by atoms with Crippen molar-refractivity contribution in [1.82, 2.24) is 9.55 Å². The van der Waals surface area contributed by atoms with Crippen LogP contribution in [0.15, 0.2) is 21.9 Å². The lowest BCUT2D eigenvalue weighted by atomic mass is 9.94. The van der Waals surface area contributed by atoms with Gasteiger partial charge < -0.3 is 33.9 Å². The Bertz CT molecular complexity index is 1180. The van der Waals surface area contributed by atoms with Crippen LogP contribution in [0.3, 0.4) is 0 Å². The van der Waals surface area contributed by atoms with E-state index in [2.05, 4.69) is 18.9 Å². The highest BCUT2D eigenvalue weighted by Gasteiger charge is 2.93. The molecule has 38 heavy (non-hydrogen) atoms. The summed E-state index contributed by atoms with van der Waals surface area (Å²) in [6.07, 6.45) is -5.16. The molecule has 214 valence electrons. The van der Waals surface area contributed by atoms with Crippen LogP contribution < -0.4 is 11.2 Å². The van der Waals surface area contributed by atoms with Crippen LogP contribution in [-0.4, -0.2) is 88.5 Å². The van der Waals surface area contributed by atoms with Crippen molar-refractivity contribution in [3.8, 4) is 0 Å². The molecule has 17 nitrogen and oxygen atoms in total. The molecule has 2 aliphatic rings. The minimum atomic E-state index is -4.98. The van der Waals surface area contributed by atoms with Crippen molar-refractivity contribution in [2.75, 3.05) is 33.5 Å². The minimum absolute atomic E-state index is 0.0586. The van der Waals surface area contributed by atoms with E-state index in [1.165, 1.54) is 13.8 Å². The summed E-state index contributed by atoms with van der Waals surface area (Å²) in [5.74, 6) is 0. The second-order valence-electron chi connectivity index (χ2n) is 8.01. The lowest BCUT2D eigenvalue weighted by Gasteiger charge is -2.33. The Morgan fingerprint density at radius 1 is 1.11 bits per heavy atom. The molecule has 1 unspecified atom stereocenters. The first kappa shape index (κ1) is 29.7. The zero-order valence-electron chi connectivity index (χ0n) is 20.3. The number of H-pyrrole nitrogens is 1. The summed E-state index contributed by atoms with van der Waals surface area (Å²) < 4.78 is 66.7. The molecule has 5 atom stereocenters. The molecule has 1 aromatic rings. The highest BCUT2D eigenvalue weighted by molar-refractivity contribution is 7.48. The van der Waals surface area contributed by atoms with Crippen molar-refractivity contribution in [2.45, 2.75) is 49.9 Å². The van der Waals surface area contributed by atoms with Crippen LogP contribution in [0.1, 0.15) is 27.0 Å². The Hall–Kier alpha value is -2.86. The number of aromatic nitrogens is 2. The number of alkyl halides is 1. The van der Waals surface area contributed by atoms with E-state index in [0.29, 0.717) is 4.57 Å². The lowest BCUT2D eigenvalue weighted by Crippen LogP contribution is -2.51. The molecule has 0 aromatic carbocycles. The highest BCUT2D eigenvalue weighted by Crippen LogP contribution is 2.71. The number of aromatic amines is 1. The number of nitrogens with zero attached hydrogens (tertiary/aromatic N) is 1.